The number of benzene rings is 2. The van der Waals surface area contributed by atoms with Gasteiger partial charge in [-0.05, 0) is 42.5 Å². The Morgan fingerprint density at radius 2 is 1.83 bits per heavy atom. The highest BCUT2D eigenvalue weighted by Gasteiger charge is 2.25. The maximum Gasteiger partial charge on any atom is 0.279 e. The molecule has 1 aliphatic heterocycles. The lowest BCUT2D eigenvalue weighted by atomic mass is 10.1. The second kappa shape index (κ2) is 5.47. The first kappa shape index (κ1) is 14.9. The highest BCUT2D eigenvalue weighted by molar-refractivity contribution is 7.73. The molecule has 1 aromatic heterocycles. The van der Waals surface area contributed by atoms with Crippen LogP contribution in [0.4, 0.5) is 4.39 Å². The number of aromatic nitrogens is 1. The number of hydrogen-bond donors (Lipinski definition) is 1. The van der Waals surface area contributed by atoms with E-state index < -0.39 is 5.91 Å². The van der Waals surface area contributed by atoms with Crippen molar-refractivity contribution in [3.63, 3.8) is 0 Å². The van der Waals surface area contributed by atoms with Gasteiger partial charge < -0.3 is 5.11 Å². The molecule has 4 nitrogen and oxygen atoms in total. The van der Waals surface area contributed by atoms with Crippen molar-refractivity contribution in [3.8, 4) is 11.6 Å². The molecule has 0 atom stereocenters. The summed E-state index contributed by atoms with van der Waals surface area (Å²) in [5, 5.41) is 11.9. The standard InChI is InChI=1S/C17H9FN2O2S2/c18-9-5-7-10(8-6-9)20-16(22)14(24-17(20)23)13-11-3-1-2-4-12(11)19-15(13)21/h1-8,22H. The molecule has 0 fully saturated rings. The Bertz CT molecular complexity index is 1160. The molecule has 0 saturated heterocycles. The Morgan fingerprint density at radius 1 is 1.12 bits per heavy atom. The topological polar surface area (TPSA) is 54.6 Å². The lowest BCUT2D eigenvalue weighted by Gasteiger charge is -2.05. The predicted molar refractivity (Wildman–Crippen MR) is 90.8 cm³/mol. The molecule has 1 N–H and O–H groups in total. The predicted octanol–water partition coefficient (Wildman–Crippen LogP) is 2.47. The maximum absolute atomic E-state index is 13.1. The van der Waals surface area contributed by atoms with Gasteiger partial charge >= 0.3 is 0 Å². The van der Waals surface area contributed by atoms with Crippen LogP contribution in [-0.4, -0.2) is 15.6 Å². The summed E-state index contributed by atoms with van der Waals surface area (Å²) in [5.74, 6) is -0.936. The summed E-state index contributed by atoms with van der Waals surface area (Å²) < 4.78 is 14.9. The van der Waals surface area contributed by atoms with Crippen molar-refractivity contribution in [1.82, 2.24) is 4.57 Å². The number of rotatable bonds is 2. The summed E-state index contributed by atoms with van der Waals surface area (Å²) in [4.78, 5) is 16.6. The SMILES string of the molecule is O=C1N=c2ccccc2=C1c1sc(=S)n(-c2ccc(F)cc2)c1O. The van der Waals surface area contributed by atoms with E-state index in [0.29, 0.717) is 30.7 Å². The van der Waals surface area contributed by atoms with E-state index in [4.69, 9.17) is 12.2 Å². The fraction of sp³-hybridized carbons (Fsp3) is 0. The van der Waals surface area contributed by atoms with Gasteiger partial charge in [-0.3, -0.25) is 9.36 Å². The quantitative estimate of drug-likeness (QED) is 0.718. The first-order valence-corrected chi connectivity index (χ1v) is 8.22. The zero-order chi connectivity index (χ0) is 16.8. The van der Waals surface area contributed by atoms with E-state index in [2.05, 4.69) is 4.99 Å². The van der Waals surface area contributed by atoms with Crippen LogP contribution >= 0.6 is 23.6 Å². The number of fused-ring (bicyclic) bond motifs is 1. The summed E-state index contributed by atoms with van der Waals surface area (Å²) in [5.41, 5.74) is 0.859. The van der Waals surface area contributed by atoms with Crippen LogP contribution in [-0.2, 0) is 4.79 Å². The molecule has 2 aromatic carbocycles. The summed E-state index contributed by atoms with van der Waals surface area (Å²) >= 11 is 6.44. The van der Waals surface area contributed by atoms with Gasteiger partial charge in [0.1, 0.15) is 10.7 Å². The van der Waals surface area contributed by atoms with Gasteiger partial charge in [-0.15, -0.1) is 11.3 Å². The van der Waals surface area contributed by atoms with Crippen LogP contribution in [0, 0.1) is 9.77 Å². The Balaban J connectivity index is 1.99. The van der Waals surface area contributed by atoms with Crippen molar-refractivity contribution in [2.24, 2.45) is 4.99 Å². The molecule has 0 unspecified atom stereocenters. The minimum Gasteiger partial charge on any atom is -0.493 e. The van der Waals surface area contributed by atoms with Crippen LogP contribution in [0.1, 0.15) is 4.88 Å². The average molecular weight is 356 g/mol. The van der Waals surface area contributed by atoms with E-state index in [9.17, 15) is 14.3 Å². The first-order valence-electron chi connectivity index (χ1n) is 7.00. The maximum atomic E-state index is 13.1. The number of carbonyl (C=O) groups excluding carboxylic acids is 1. The van der Waals surface area contributed by atoms with E-state index in [1.165, 1.54) is 28.8 Å². The zero-order valence-electron chi connectivity index (χ0n) is 12.1. The molecule has 1 aliphatic rings. The number of carbonyl (C=O) groups is 1. The Morgan fingerprint density at radius 3 is 2.58 bits per heavy atom. The summed E-state index contributed by atoms with van der Waals surface area (Å²) in [7, 11) is 0. The fourth-order valence-corrected chi connectivity index (χ4v) is 4.01. The highest BCUT2D eigenvalue weighted by atomic mass is 32.1. The molecule has 0 spiro atoms. The van der Waals surface area contributed by atoms with Crippen LogP contribution in [0.3, 0.4) is 0 Å². The minimum atomic E-state index is -0.408. The monoisotopic (exact) mass is 356 g/mol. The van der Waals surface area contributed by atoms with Crippen molar-refractivity contribution >= 4 is 35.0 Å². The van der Waals surface area contributed by atoms with Gasteiger partial charge in [0.25, 0.3) is 5.91 Å². The zero-order valence-corrected chi connectivity index (χ0v) is 13.7. The van der Waals surface area contributed by atoms with Gasteiger partial charge in [0.05, 0.1) is 16.6 Å². The van der Waals surface area contributed by atoms with Gasteiger partial charge in [0.15, 0.2) is 3.95 Å². The number of thiazole rings is 1. The van der Waals surface area contributed by atoms with Crippen LogP contribution in [0.5, 0.6) is 5.88 Å². The smallest absolute Gasteiger partial charge is 0.279 e. The molecule has 118 valence electrons. The highest BCUT2D eigenvalue weighted by Crippen LogP contribution is 2.34. The fourth-order valence-electron chi connectivity index (χ4n) is 2.63. The second-order valence-corrected chi connectivity index (χ2v) is 6.79. The molecule has 0 bridgehead atoms. The minimum absolute atomic E-state index is 0.146. The normalized spacial score (nSPS) is 13.0. The number of amides is 1. The molecule has 0 aliphatic carbocycles. The van der Waals surface area contributed by atoms with Gasteiger partial charge in [-0.2, -0.15) is 0 Å². The lowest BCUT2D eigenvalue weighted by Crippen LogP contribution is -2.22. The van der Waals surface area contributed by atoms with Crippen LogP contribution < -0.4 is 10.6 Å². The third kappa shape index (κ3) is 2.21. The van der Waals surface area contributed by atoms with E-state index in [-0.39, 0.29) is 11.7 Å². The molecular formula is C17H9FN2O2S2. The van der Waals surface area contributed by atoms with Crippen molar-refractivity contribution in [1.29, 1.82) is 0 Å². The van der Waals surface area contributed by atoms with E-state index >= 15 is 0 Å². The van der Waals surface area contributed by atoms with Crippen molar-refractivity contribution < 1.29 is 14.3 Å². The van der Waals surface area contributed by atoms with Crippen molar-refractivity contribution in [2.75, 3.05) is 0 Å². The van der Waals surface area contributed by atoms with Gasteiger partial charge in [0, 0.05) is 5.22 Å². The number of aromatic hydroxyl groups is 1. The molecule has 0 radical (unpaired) electrons. The Labute approximate surface area is 144 Å². The van der Waals surface area contributed by atoms with Gasteiger partial charge in [0.2, 0.25) is 5.88 Å². The molecular weight excluding hydrogens is 347 g/mol. The first-order chi connectivity index (χ1) is 11.6. The van der Waals surface area contributed by atoms with E-state index in [1.807, 2.05) is 0 Å². The number of hydrogen-bond acceptors (Lipinski definition) is 4. The number of halogens is 1. The summed E-state index contributed by atoms with van der Waals surface area (Å²) in [6.07, 6.45) is 0. The Kier molecular flexibility index (Phi) is 3.40. The van der Waals surface area contributed by atoms with Crippen molar-refractivity contribution in [2.45, 2.75) is 0 Å². The number of nitrogens with zero attached hydrogens (tertiary/aromatic N) is 2. The van der Waals surface area contributed by atoms with E-state index in [0.717, 1.165) is 11.3 Å². The summed E-state index contributed by atoms with van der Waals surface area (Å²) in [6.45, 7) is 0. The molecule has 1 amide bonds. The third-order valence-corrected chi connectivity index (χ3v) is 5.09. The average Bonchev–Trinajstić information content (AvgIpc) is 3.04. The molecule has 2 heterocycles. The Hall–Kier alpha value is -2.64. The van der Waals surface area contributed by atoms with Crippen LogP contribution in [0.2, 0.25) is 0 Å². The molecule has 3 aromatic rings. The number of para-hydroxylation sites is 1. The molecule has 7 heteroatoms. The molecule has 24 heavy (non-hydrogen) atoms. The summed E-state index contributed by atoms with van der Waals surface area (Å²) in [6, 6.07) is 12.7. The van der Waals surface area contributed by atoms with Gasteiger partial charge in [-0.1, -0.05) is 18.2 Å². The second-order valence-electron chi connectivity index (χ2n) is 5.14. The van der Waals surface area contributed by atoms with E-state index in [1.54, 1.807) is 24.3 Å². The molecule has 0 saturated carbocycles. The van der Waals surface area contributed by atoms with Crippen molar-refractivity contribution in [3.05, 3.63) is 73.8 Å². The molecule has 4 rings (SSSR count). The van der Waals surface area contributed by atoms with Crippen LogP contribution in [0.15, 0.2) is 53.5 Å². The third-order valence-electron chi connectivity index (χ3n) is 3.71. The largest absolute Gasteiger partial charge is 0.493 e. The van der Waals surface area contributed by atoms with Gasteiger partial charge in [-0.25, -0.2) is 9.38 Å². The van der Waals surface area contributed by atoms with Crippen LogP contribution in [0.25, 0.3) is 11.3 Å². The lowest BCUT2D eigenvalue weighted by molar-refractivity contribution is -0.112.